The number of benzene rings is 3. The lowest BCUT2D eigenvalue weighted by molar-refractivity contribution is -0.384. The summed E-state index contributed by atoms with van der Waals surface area (Å²) in [4.78, 5) is 24.0. The van der Waals surface area contributed by atoms with Crippen molar-refractivity contribution in [2.45, 2.75) is 38.9 Å². The monoisotopic (exact) mass is 989 g/mol. The van der Waals surface area contributed by atoms with E-state index < -0.39 is 18.3 Å². The Morgan fingerprint density at radius 2 is 1.00 bits per heavy atom. The van der Waals surface area contributed by atoms with Crippen molar-refractivity contribution in [1.82, 2.24) is 26.8 Å². The number of aromatic nitrogens is 6. The number of hydrogen-bond donors (Lipinski definition) is 1. The maximum Gasteiger partial charge on any atom is 0.495 e. The molecule has 15 nitrogen and oxygen atoms in total. The van der Waals surface area contributed by atoms with Crippen LogP contribution in [0.4, 0.5) is 17.1 Å². The predicted octanol–water partition coefficient (Wildman–Crippen LogP) is 11.3. The van der Waals surface area contributed by atoms with Gasteiger partial charge in [0.2, 0.25) is 0 Å². The molecule has 0 spiro atoms. The molecule has 2 N–H and O–H groups in total. The molecule has 1 fully saturated rings. The highest BCUT2D eigenvalue weighted by Crippen LogP contribution is 2.37. The Hall–Kier alpha value is -6.55. The molecule has 20 heteroatoms. The Labute approximate surface area is 395 Å². The fourth-order valence-corrected chi connectivity index (χ4v) is 8.32. The van der Waals surface area contributed by atoms with Gasteiger partial charge in [-0.2, -0.15) is 0 Å². The van der Waals surface area contributed by atoms with Gasteiger partial charge < -0.3 is 28.7 Å². The van der Waals surface area contributed by atoms with Gasteiger partial charge in [-0.1, -0.05) is 18.2 Å². The zero-order chi connectivity index (χ0) is 46.1. The van der Waals surface area contributed by atoms with E-state index in [4.69, 9.17) is 15.0 Å². The van der Waals surface area contributed by atoms with Gasteiger partial charge in [0.1, 0.15) is 11.4 Å². The fourth-order valence-electron chi connectivity index (χ4n) is 6.43. The van der Waals surface area contributed by atoms with Crippen molar-refractivity contribution in [3.8, 4) is 37.9 Å². The number of hydrogen-bond acceptors (Lipinski definition) is 13. The van der Waals surface area contributed by atoms with Crippen LogP contribution in [0.25, 0.3) is 37.9 Å². The summed E-state index contributed by atoms with van der Waals surface area (Å²) in [5.41, 5.74) is 10.6. The van der Waals surface area contributed by atoms with E-state index >= 15 is 0 Å². The SMILES string of the molecule is Brc1ccns1.CC1(C)OB(c2ccc(-n3cccc3)c([N+](=O)[O-])c2)OC1(C)C.Nc1cc(-c2ccns2)ccc1-n1cccc1.O=[N+]([O-])c1cc(-c2ccns2)ccc1-n1cccc1. The number of nitrogens with zero attached hydrogens (tertiary/aromatic N) is 8. The molecule has 65 heavy (non-hydrogen) atoms. The highest BCUT2D eigenvalue weighted by Gasteiger charge is 2.52. The minimum absolute atomic E-state index is 0.0217. The first kappa shape index (κ1) is 46.4. The molecule has 0 atom stereocenters. The predicted molar refractivity (Wildman–Crippen MR) is 263 cm³/mol. The number of anilines is 1. The van der Waals surface area contributed by atoms with Gasteiger partial charge in [0.25, 0.3) is 11.4 Å². The van der Waals surface area contributed by atoms with Gasteiger partial charge in [0, 0.05) is 73.5 Å². The lowest BCUT2D eigenvalue weighted by Gasteiger charge is -2.32. The van der Waals surface area contributed by atoms with Gasteiger partial charge in [0.05, 0.1) is 46.0 Å². The third kappa shape index (κ3) is 11.2. The Bertz CT molecular complexity index is 2910. The minimum Gasteiger partial charge on any atom is -0.399 e. The lowest BCUT2D eigenvalue weighted by atomic mass is 9.79. The van der Waals surface area contributed by atoms with Crippen molar-refractivity contribution in [2.24, 2.45) is 0 Å². The normalized spacial score (nSPS) is 13.4. The maximum atomic E-state index is 11.4. The molecule has 330 valence electrons. The van der Waals surface area contributed by atoms with Crippen LogP contribution in [-0.2, 0) is 9.31 Å². The van der Waals surface area contributed by atoms with Gasteiger partial charge >= 0.3 is 7.12 Å². The first-order valence-corrected chi connectivity index (χ1v) is 22.9. The second-order valence-corrected chi connectivity index (χ2v) is 19.0. The molecular formula is C45H41BBrN9O6S3. The van der Waals surface area contributed by atoms with Gasteiger partial charge in [-0.25, -0.2) is 13.1 Å². The molecule has 6 aromatic heterocycles. The van der Waals surface area contributed by atoms with E-state index in [1.807, 2.05) is 124 Å². The molecule has 0 amide bonds. The largest absolute Gasteiger partial charge is 0.495 e. The summed E-state index contributed by atoms with van der Waals surface area (Å²) in [6.45, 7) is 7.82. The molecule has 0 saturated carbocycles. The first-order chi connectivity index (χ1) is 31.2. The molecule has 1 aliphatic heterocycles. The number of halogens is 1. The fraction of sp³-hybridized carbons (Fsp3) is 0.133. The molecule has 3 aromatic carbocycles. The number of rotatable bonds is 8. The molecule has 10 rings (SSSR count). The van der Waals surface area contributed by atoms with Crippen LogP contribution < -0.4 is 11.2 Å². The van der Waals surface area contributed by atoms with Crippen molar-refractivity contribution < 1.29 is 19.2 Å². The van der Waals surface area contributed by atoms with Crippen LogP contribution in [0.2, 0.25) is 0 Å². The Balaban J connectivity index is 0.000000137. The number of nitrogen functional groups attached to an aromatic ring is 1. The average Bonchev–Trinajstić information content (AvgIpc) is 4.14. The van der Waals surface area contributed by atoms with Crippen LogP contribution in [0.15, 0.2) is 169 Å². The summed E-state index contributed by atoms with van der Waals surface area (Å²) in [6.07, 6.45) is 16.3. The van der Waals surface area contributed by atoms with Crippen molar-refractivity contribution >= 4 is 80.2 Å². The third-order valence-corrected chi connectivity index (χ3v) is 13.2. The minimum atomic E-state index is -0.614. The smallest absolute Gasteiger partial charge is 0.399 e. The summed E-state index contributed by atoms with van der Waals surface area (Å²) < 4.78 is 30.4. The topological polar surface area (TPSA) is 184 Å². The summed E-state index contributed by atoms with van der Waals surface area (Å²) in [6, 6.07) is 33.4. The van der Waals surface area contributed by atoms with E-state index in [0.29, 0.717) is 16.8 Å². The van der Waals surface area contributed by atoms with Crippen LogP contribution in [0.1, 0.15) is 27.7 Å². The van der Waals surface area contributed by atoms with E-state index in [1.54, 1.807) is 70.7 Å². The maximum absolute atomic E-state index is 11.4. The Kier molecular flexibility index (Phi) is 14.7. The van der Waals surface area contributed by atoms with E-state index in [-0.39, 0.29) is 21.2 Å². The molecule has 1 aliphatic rings. The van der Waals surface area contributed by atoms with Crippen molar-refractivity contribution in [1.29, 1.82) is 0 Å². The van der Waals surface area contributed by atoms with Crippen molar-refractivity contribution in [3.63, 3.8) is 0 Å². The van der Waals surface area contributed by atoms with Gasteiger partial charge in [0.15, 0.2) is 0 Å². The van der Waals surface area contributed by atoms with E-state index in [2.05, 4.69) is 35.1 Å². The summed E-state index contributed by atoms with van der Waals surface area (Å²) in [5.74, 6) is 0. The number of nitro groups is 2. The van der Waals surface area contributed by atoms with Gasteiger partial charge in [-0.15, -0.1) is 0 Å². The highest BCUT2D eigenvalue weighted by molar-refractivity contribution is 9.11. The van der Waals surface area contributed by atoms with Crippen molar-refractivity contribution in [3.05, 3.63) is 189 Å². The number of nitro benzene ring substituents is 2. The Morgan fingerprint density at radius 1 is 0.585 bits per heavy atom. The average molecular weight is 991 g/mol. The summed E-state index contributed by atoms with van der Waals surface area (Å²) in [7, 11) is -0.614. The summed E-state index contributed by atoms with van der Waals surface area (Å²) >= 11 is 7.48. The van der Waals surface area contributed by atoms with Crippen LogP contribution >= 0.6 is 50.5 Å². The third-order valence-electron chi connectivity index (χ3n) is 10.4. The van der Waals surface area contributed by atoms with Crippen LogP contribution in [0.3, 0.4) is 0 Å². The first-order valence-electron chi connectivity index (χ1n) is 19.8. The van der Waals surface area contributed by atoms with E-state index in [9.17, 15) is 20.2 Å². The molecule has 0 radical (unpaired) electrons. The molecule has 1 saturated heterocycles. The van der Waals surface area contributed by atoms with E-state index in [0.717, 1.165) is 36.0 Å². The van der Waals surface area contributed by atoms with Crippen LogP contribution in [0.5, 0.6) is 0 Å². The molecule has 0 unspecified atom stereocenters. The van der Waals surface area contributed by atoms with Crippen molar-refractivity contribution in [2.75, 3.05) is 5.73 Å². The molecular weight excluding hydrogens is 949 g/mol. The quantitative estimate of drug-likeness (QED) is 0.0665. The molecule has 7 heterocycles. The second-order valence-electron chi connectivity index (χ2n) is 15.2. The highest BCUT2D eigenvalue weighted by atomic mass is 79.9. The second kappa shape index (κ2) is 20.5. The molecule has 9 aromatic rings. The molecule has 0 aliphatic carbocycles. The zero-order valence-electron chi connectivity index (χ0n) is 35.4. The van der Waals surface area contributed by atoms with E-state index in [1.165, 1.54) is 40.7 Å². The van der Waals surface area contributed by atoms with Gasteiger partial charge in [-0.3, -0.25) is 20.2 Å². The number of nitrogens with two attached hydrogens (primary N) is 1. The van der Waals surface area contributed by atoms with Crippen LogP contribution in [-0.4, -0.2) is 55.0 Å². The zero-order valence-corrected chi connectivity index (χ0v) is 39.4. The Morgan fingerprint density at radius 3 is 1.40 bits per heavy atom. The summed E-state index contributed by atoms with van der Waals surface area (Å²) in [5, 5.41) is 22.7. The lowest BCUT2D eigenvalue weighted by Crippen LogP contribution is -2.41. The van der Waals surface area contributed by atoms with Crippen LogP contribution in [0, 0.1) is 20.2 Å². The standard InChI is InChI=1S/C16H19BN2O4.C13H9N3O2S.C13H11N3S.C3H2BrNS/c1-15(2)16(3,4)23-17(22-15)12-7-8-13(14(11-12)19(20)21)18-9-5-6-10-18;17-16(18)12-9-10(13-5-6-14-19-13)3-4-11(12)15-7-1-2-8-15;14-11-9-10(13-5-6-15-17-13)3-4-12(11)16-7-1-2-8-16;4-3-1-2-5-6-3/h5-11H,1-4H3;1-9H;1-9H,14H2;1-2H. The molecule has 0 bridgehead atoms. The van der Waals surface area contributed by atoms with Gasteiger partial charge in [-0.05, 0) is 168 Å².